The van der Waals surface area contributed by atoms with E-state index in [0.29, 0.717) is 31.8 Å². The van der Waals surface area contributed by atoms with Crippen molar-refractivity contribution in [2.45, 2.75) is 66.2 Å². The maximum Gasteiger partial charge on any atom is 0.266 e. The zero-order valence-electron chi connectivity index (χ0n) is 16.7. The Kier molecular flexibility index (Phi) is 3.98. The van der Waals surface area contributed by atoms with E-state index in [0.717, 1.165) is 45.8 Å². The van der Waals surface area contributed by atoms with Crippen molar-refractivity contribution in [2.75, 3.05) is 6.54 Å². The van der Waals surface area contributed by atoms with Gasteiger partial charge in [0.2, 0.25) is 0 Å². The number of nitrogens with zero attached hydrogens (tertiary/aromatic N) is 3. The summed E-state index contributed by atoms with van der Waals surface area (Å²) in [6.45, 7) is 11.6. The van der Waals surface area contributed by atoms with E-state index < -0.39 is 5.60 Å². The number of carbonyl (C=O) groups is 1. The summed E-state index contributed by atoms with van der Waals surface area (Å²) in [6, 6.07) is 2.04. The molecule has 2 aliphatic rings. The number of benzene rings is 1. The van der Waals surface area contributed by atoms with Crippen molar-refractivity contribution < 1.29 is 14.6 Å². The van der Waals surface area contributed by atoms with Gasteiger partial charge in [-0.3, -0.25) is 9.48 Å². The molecule has 144 valence electrons. The number of hydrogen-bond donors (Lipinski definition) is 1. The number of amides is 1. The topological polar surface area (TPSA) is 67.6 Å². The van der Waals surface area contributed by atoms with Gasteiger partial charge in [-0.2, -0.15) is 5.10 Å². The Morgan fingerprint density at radius 1 is 1.19 bits per heavy atom. The van der Waals surface area contributed by atoms with Crippen molar-refractivity contribution in [1.29, 1.82) is 0 Å². The summed E-state index contributed by atoms with van der Waals surface area (Å²) < 4.78 is 8.33. The second kappa shape index (κ2) is 6.01. The second-order valence-corrected chi connectivity index (χ2v) is 8.09. The van der Waals surface area contributed by atoms with Gasteiger partial charge in [0.1, 0.15) is 11.5 Å². The lowest BCUT2D eigenvalue weighted by Gasteiger charge is -2.40. The molecule has 27 heavy (non-hydrogen) atoms. The molecule has 4 rings (SSSR count). The lowest BCUT2D eigenvalue weighted by atomic mass is 9.86. The van der Waals surface area contributed by atoms with Crippen molar-refractivity contribution in [1.82, 2.24) is 14.7 Å². The molecule has 6 heteroatoms. The Morgan fingerprint density at radius 2 is 1.93 bits per heavy atom. The fourth-order valence-electron chi connectivity index (χ4n) is 4.32. The number of hydrogen-bond acceptors (Lipinski definition) is 4. The molecular formula is C21H27N3O3. The summed E-state index contributed by atoms with van der Waals surface area (Å²) >= 11 is 0. The highest BCUT2D eigenvalue weighted by atomic mass is 16.5. The molecule has 0 saturated carbocycles. The summed E-state index contributed by atoms with van der Waals surface area (Å²) in [6.07, 6.45) is 1.33. The lowest BCUT2D eigenvalue weighted by molar-refractivity contribution is -0.150. The van der Waals surface area contributed by atoms with Gasteiger partial charge in [0.25, 0.3) is 5.91 Å². The van der Waals surface area contributed by atoms with Gasteiger partial charge in [-0.05, 0) is 63.8 Å². The van der Waals surface area contributed by atoms with Crippen LogP contribution in [0.2, 0.25) is 0 Å². The Balaban J connectivity index is 1.63. The molecule has 0 spiro atoms. The lowest BCUT2D eigenvalue weighted by Crippen LogP contribution is -2.54. The van der Waals surface area contributed by atoms with E-state index in [9.17, 15) is 9.90 Å². The number of rotatable bonds is 1. The van der Waals surface area contributed by atoms with Gasteiger partial charge in [0.05, 0.1) is 24.5 Å². The molecule has 0 bridgehead atoms. The molecule has 2 aromatic rings. The Labute approximate surface area is 159 Å². The number of aromatic nitrogens is 2. The Bertz CT molecular complexity index is 947. The van der Waals surface area contributed by atoms with Gasteiger partial charge in [0, 0.05) is 18.5 Å². The molecule has 1 aromatic carbocycles. The minimum atomic E-state index is -0.884. The minimum Gasteiger partial charge on any atom is -0.507 e. The summed E-state index contributed by atoms with van der Waals surface area (Å²) in [7, 11) is 0. The summed E-state index contributed by atoms with van der Waals surface area (Å²) in [5.41, 5.74) is 4.78. The Morgan fingerprint density at radius 3 is 2.67 bits per heavy atom. The third kappa shape index (κ3) is 2.69. The minimum absolute atomic E-state index is 0.0287. The number of fused-ring (bicyclic) bond motifs is 2. The zero-order valence-corrected chi connectivity index (χ0v) is 16.7. The van der Waals surface area contributed by atoms with E-state index in [4.69, 9.17) is 4.74 Å². The second-order valence-electron chi connectivity index (χ2n) is 8.09. The average Bonchev–Trinajstić information content (AvgIpc) is 3.03. The molecular weight excluding hydrogens is 342 g/mol. The van der Waals surface area contributed by atoms with Crippen LogP contribution in [0.3, 0.4) is 0 Å². The fourth-order valence-corrected chi connectivity index (χ4v) is 4.32. The van der Waals surface area contributed by atoms with Crippen LogP contribution in [0.15, 0.2) is 6.07 Å². The number of ether oxygens (including phenoxy) is 1. The maximum atomic E-state index is 13.4. The molecule has 0 fully saturated rings. The highest BCUT2D eigenvalue weighted by molar-refractivity contribution is 5.86. The van der Waals surface area contributed by atoms with Gasteiger partial charge in [0.15, 0.2) is 5.60 Å². The van der Waals surface area contributed by atoms with E-state index in [1.807, 2.05) is 50.3 Å². The van der Waals surface area contributed by atoms with E-state index in [-0.39, 0.29) is 5.91 Å². The molecule has 1 amide bonds. The van der Waals surface area contributed by atoms with Gasteiger partial charge < -0.3 is 14.7 Å². The van der Waals surface area contributed by atoms with Crippen molar-refractivity contribution in [3.8, 4) is 11.5 Å². The van der Waals surface area contributed by atoms with E-state index in [1.165, 1.54) is 0 Å². The van der Waals surface area contributed by atoms with Crippen LogP contribution in [-0.4, -0.2) is 37.8 Å². The predicted molar refractivity (Wildman–Crippen MR) is 102 cm³/mol. The number of carbonyl (C=O) groups excluding carboxylic acids is 1. The van der Waals surface area contributed by atoms with Crippen LogP contribution in [0, 0.1) is 27.7 Å². The predicted octanol–water partition coefficient (Wildman–Crippen LogP) is 2.95. The third-order valence-corrected chi connectivity index (χ3v) is 6.18. The third-order valence-electron chi connectivity index (χ3n) is 6.18. The van der Waals surface area contributed by atoms with Crippen molar-refractivity contribution in [2.24, 2.45) is 0 Å². The largest absolute Gasteiger partial charge is 0.507 e. The highest BCUT2D eigenvalue weighted by Gasteiger charge is 2.43. The van der Waals surface area contributed by atoms with E-state index in [2.05, 4.69) is 5.10 Å². The molecule has 0 radical (unpaired) electrons. The van der Waals surface area contributed by atoms with Crippen molar-refractivity contribution >= 4 is 5.91 Å². The van der Waals surface area contributed by atoms with Crippen LogP contribution in [0.1, 0.15) is 47.0 Å². The maximum absolute atomic E-state index is 13.4. The molecule has 1 aromatic heterocycles. The number of aryl methyl sites for hydroxylation is 1. The van der Waals surface area contributed by atoms with Crippen molar-refractivity contribution in [3.05, 3.63) is 39.7 Å². The van der Waals surface area contributed by atoms with Gasteiger partial charge in [-0.15, -0.1) is 0 Å². The highest BCUT2D eigenvalue weighted by Crippen LogP contribution is 2.43. The van der Waals surface area contributed by atoms with Gasteiger partial charge in [-0.1, -0.05) is 0 Å². The van der Waals surface area contributed by atoms with Crippen LogP contribution < -0.4 is 4.74 Å². The first-order chi connectivity index (χ1) is 12.7. The number of phenols is 1. The van der Waals surface area contributed by atoms with Crippen LogP contribution >= 0.6 is 0 Å². The monoisotopic (exact) mass is 369 g/mol. The van der Waals surface area contributed by atoms with E-state index >= 15 is 0 Å². The first-order valence-corrected chi connectivity index (χ1v) is 9.54. The van der Waals surface area contributed by atoms with Crippen LogP contribution in [0.4, 0.5) is 0 Å². The van der Waals surface area contributed by atoms with Crippen LogP contribution in [0.5, 0.6) is 11.5 Å². The molecule has 0 unspecified atom stereocenters. The molecule has 1 N–H and O–H groups in total. The first kappa shape index (κ1) is 17.9. The standard InChI is InChI=1S/C21H27N3O3/c1-12-10-16-11-23(8-9-24(16)22-12)20(26)21(5)7-6-17-15(4)18(25)13(2)14(3)19(17)27-21/h10,25H,6-9,11H2,1-5H3/t21-/m1/s1. The molecule has 2 aliphatic heterocycles. The van der Waals surface area contributed by atoms with Gasteiger partial charge in [-0.25, -0.2) is 0 Å². The Hall–Kier alpha value is -2.50. The zero-order chi connectivity index (χ0) is 19.5. The average molecular weight is 369 g/mol. The first-order valence-electron chi connectivity index (χ1n) is 9.54. The number of phenolic OH excluding ortho intramolecular Hbond substituents is 1. The normalized spacial score (nSPS) is 21.4. The quantitative estimate of drug-likeness (QED) is 0.839. The van der Waals surface area contributed by atoms with Gasteiger partial charge >= 0.3 is 0 Å². The smallest absolute Gasteiger partial charge is 0.266 e. The molecule has 0 aliphatic carbocycles. The molecule has 6 nitrogen and oxygen atoms in total. The van der Waals surface area contributed by atoms with Crippen molar-refractivity contribution in [3.63, 3.8) is 0 Å². The molecule has 0 saturated heterocycles. The molecule has 3 heterocycles. The SMILES string of the molecule is Cc1cc2n(n1)CCN(C(=O)[C@@]1(C)CCc3c(C)c(O)c(C)c(C)c3O1)C2. The van der Waals surface area contributed by atoms with Crippen LogP contribution in [-0.2, 0) is 24.3 Å². The summed E-state index contributed by atoms with van der Waals surface area (Å²) in [5.74, 6) is 1.13. The number of aromatic hydroxyl groups is 1. The molecule has 1 atom stereocenters. The van der Waals surface area contributed by atoms with Crippen LogP contribution in [0.25, 0.3) is 0 Å². The summed E-state index contributed by atoms with van der Waals surface area (Å²) in [4.78, 5) is 15.3. The van der Waals surface area contributed by atoms with E-state index in [1.54, 1.807) is 0 Å². The summed E-state index contributed by atoms with van der Waals surface area (Å²) in [5, 5.41) is 14.8. The fraction of sp³-hybridized carbons (Fsp3) is 0.524.